The lowest BCUT2D eigenvalue weighted by Crippen LogP contribution is -2.14. The lowest BCUT2D eigenvalue weighted by atomic mass is 9.94. The van der Waals surface area contributed by atoms with Crippen molar-refractivity contribution in [1.82, 2.24) is 10.2 Å². The fourth-order valence-corrected chi connectivity index (χ4v) is 2.75. The Morgan fingerprint density at radius 3 is 3.00 bits per heavy atom. The van der Waals surface area contributed by atoms with Crippen molar-refractivity contribution in [1.29, 1.82) is 0 Å². The van der Waals surface area contributed by atoms with E-state index < -0.39 is 0 Å². The Morgan fingerprint density at radius 2 is 2.19 bits per heavy atom. The van der Waals surface area contributed by atoms with Crippen molar-refractivity contribution in [3.8, 4) is 5.75 Å². The molecule has 1 aliphatic rings. The molecule has 82 valence electrons. The standard InChI is InChI=1S/C11H11N3OS/c12-11-14-13-10(16-11)8-5-6-15-9-4-2-1-3-7(8)9/h1-4,8H,5-6H2,(H2,12,14). The van der Waals surface area contributed by atoms with Gasteiger partial charge in [-0.05, 0) is 12.5 Å². The molecule has 0 bridgehead atoms. The summed E-state index contributed by atoms with van der Waals surface area (Å²) in [5.41, 5.74) is 6.80. The van der Waals surface area contributed by atoms with Gasteiger partial charge in [0.2, 0.25) is 5.13 Å². The molecule has 0 radical (unpaired) electrons. The monoisotopic (exact) mass is 233 g/mol. The van der Waals surface area contributed by atoms with Crippen molar-refractivity contribution >= 4 is 16.5 Å². The van der Waals surface area contributed by atoms with Gasteiger partial charge in [0.05, 0.1) is 6.61 Å². The van der Waals surface area contributed by atoms with E-state index in [1.807, 2.05) is 18.2 Å². The van der Waals surface area contributed by atoms with Crippen molar-refractivity contribution < 1.29 is 4.74 Å². The zero-order chi connectivity index (χ0) is 11.0. The molecule has 1 atom stereocenters. The van der Waals surface area contributed by atoms with Crippen LogP contribution in [0.3, 0.4) is 0 Å². The quantitative estimate of drug-likeness (QED) is 0.818. The molecule has 16 heavy (non-hydrogen) atoms. The van der Waals surface area contributed by atoms with E-state index in [4.69, 9.17) is 10.5 Å². The molecular formula is C11H11N3OS. The van der Waals surface area contributed by atoms with E-state index in [2.05, 4.69) is 16.3 Å². The van der Waals surface area contributed by atoms with Crippen LogP contribution in [-0.4, -0.2) is 16.8 Å². The predicted molar refractivity (Wildman–Crippen MR) is 62.7 cm³/mol. The van der Waals surface area contributed by atoms with E-state index in [1.54, 1.807) is 0 Å². The fourth-order valence-electron chi connectivity index (χ4n) is 1.99. The number of ether oxygens (including phenoxy) is 1. The van der Waals surface area contributed by atoms with Gasteiger partial charge >= 0.3 is 0 Å². The summed E-state index contributed by atoms with van der Waals surface area (Å²) >= 11 is 1.46. The fraction of sp³-hybridized carbons (Fsp3) is 0.273. The van der Waals surface area contributed by atoms with E-state index in [9.17, 15) is 0 Å². The number of nitrogen functional groups attached to an aromatic ring is 1. The molecule has 1 aliphatic heterocycles. The third-order valence-corrected chi connectivity index (χ3v) is 3.58. The SMILES string of the molecule is Nc1nnc(C2CCOc3ccccc32)s1. The predicted octanol–water partition coefficient (Wildman–Crippen LogP) is 2.03. The van der Waals surface area contributed by atoms with E-state index in [-0.39, 0.29) is 5.92 Å². The molecule has 2 heterocycles. The van der Waals surface area contributed by atoms with E-state index in [0.29, 0.717) is 5.13 Å². The Kier molecular flexibility index (Phi) is 2.25. The van der Waals surface area contributed by atoms with Gasteiger partial charge in [-0.3, -0.25) is 0 Å². The van der Waals surface area contributed by atoms with Gasteiger partial charge in [0.25, 0.3) is 0 Å². The molecule has 0 fully saturated rings. The number of fused-ring (bicyclic) bond motifs is 1. The van der Waals surface area contributed by atoms with Gasteiger partial charge < -0.3 is 10.5 Å². The molecule has 0 saturated heterocycles. The number of para-hydroxylation sites is 1. The van der Waals surface area contributed by atoms with Crippen LogP contribution in [0.5, 0.6) is 5.75 Å². The van der Waals surface area contributed by atoms with E-state index >= 15 is 0 Å². The third-order valence-electron chi connectivity index (χ3n) is 2.71. The largest absolute Gasteiger partial charge is 0.493 e. The minimum Gasteiger partial charge on any atom is -0.493 e. The first-order chi connectivity index (χ1) is 7.84. The van der Waals surface area contributed by atoms with E-state index in [1.165, 1.54) is 16.9 Å². The highest BCUT2D eigenvalue weighted by Gasteiger charge is 2.25. The second kappa shape index (κ2) is 3.75. The van der Waals surface area contributed by atoms with Crippen LogP contribution in [-0.2, 0) is 0 Å². The average Bonchev–Trinajstić information content (AvgIpc) is 2.75. The summed E-state index contributed by atoms with van der Waals surface area (Å²) in [4.78, 5) is 0. The molecule has 0 aliphatic carbocycles. The number of hydrogen-bond acceptors (Lipinski definition) is 5. The minimum absolute atomic E-state index is 0.278. The lowest BCUT2D eigenvalue weighted by Gasteiger charge is -2.23. The maximum absolute atomic E-state index is 5.62. The molecule has 0 spiro atoms. The van der Waals surface area contributed by atoms with Crippen LogP contribution in [0.1, 0.15) is 22.9 Å². The Balaban J connectivity index is 2.04. The second-order valence-electron chi connectivity index (χ2n) is 3.71. The number of aromatic nitrogens is 2. The van der Waals surface area contributed by atoms with Crippen LogP contribution in [0.25, 0.3) is 0 Å². The van der Waals surface area contributed by atoms with Crippen molar-refractivity contribution in [2.75, 3.05) is 12.3 Å². The smallest absolute Gasteiger partial charge is 0.203 e. The Morgan fingerprint density at radius 1 is 1.31 bits per heavy atom. The van der Waals surface area contributed by atoms with Crippen molar-refractivity contribution in [3.63, 3.8) is 0 Å². The van der Waals surface area contributed by atoms with Crippen molar-refractivity contribution in [2.24, 2.45) is 0 Å². The highest BCUT2D eigenvalue weighted by atomic mass is 32.1. The van der Waals surface area contributed by atoms with Gasteiger partial charge in [0.1, 0.15) is 10.8 Å². The number of anilines is 1. The molecule has 5 heteroatoms. The Bertz CT molecular complexity index is 511. The number of nitrogens with zero attached hydrogens (tertiary/aromatic N) is 2. The number of hydrogen-bond donors (Lipinski definition) is 1. The van der Waals surface area contributed by atoms with Gasteiger partial charge in [0, 0.05) is 11.5 Å². The first kappa shape index (κ1) is 9.59. The van der Waals surface area contributed by atoms with Gasteiger partial charge in [-0.2, -0.15) is 0 Å². The minimum atomic E-state index is 0.278. The maximum Gasteiger partial charge on any atom is 0.203 e. The van der Waals surface area contributed by atoms with Crippen LogP contribution in [0.4, 0.5) is 5.13 Å². The highest BCUT2D eigenvalue weighted by molar-refractivity contribution is 7.15. The molecule has 0 amide bonds. The second-order valence-corrected chi connectivity index (χ2v) is 4.75. The van der Waals surface area contributed by atoms with Crippen LogP contribution in [0.2, 0.25) is 0 Å². The molecule has 2 N–H and O–H groups in total. The summed E-state index contributed by atoms with van der Waals surface area (Å²) in [7, 11) is 0. The molecule has 0 saturated carbocycles. The molecule has 4 nitrogen and oxygen atoms in total. The summed E-state index contributed by atoms with van der Waals surface area (Å²) in [6.45, 7) is 0.723. The summed E-state index contributed by atoms with van der Waals surface area (Å²) < 4.78 is 5.61. The first-order valence-corrected chi connectivity index (χ1v) is 5.97. The van der Waals surface area contributed by atoms with E-state index in [0.717, 1.165) is 23.8 Å². The Hall–Kier alpha value is -1.62. The number of nitrogens with two attached hydrogens (primary N) is 1. The van der Waals surface area contributed by atoms with Gasteiger partial charge in [-0.1, -0.05) is 29.5 Å². The van der Waals surface area contributed by atoms with Crippen LogP contribution < -0.4 is 10.5 Å². The zero-order valence-corrected chi connectivity index (χ0v) is 9.41. The highest BCUT2D eigenvalue weighted by Crippen LogP contribution is 2.38. The van der Waals surface area contributed by atoms with Crippen LogP contribution >= 0.6 is 11.3 Å². The maximum atomic E-state index is 5.62. The Labute approximate surface area is 97.1 Å². The normalized spacial score (nSPS) is 18.9. The van der Waals surface area contributed by atoms with Gasteiger partial charge in [-0.25, -0.2) is 0 Å². The number of benzene rings is 1. The molecule has 3 rings (SSSR count). The lowest BCUT2D eigenvalue weighted by molar-refractivity contribution is 0.276. The third kappa shape index (κ3) is 1.53. The van der Waals surface area contributed by atoms with Crippen molar-refractivity contribution in [2.45, 2.75) is 12.3 Å². The zero-order valence-electron chi connectivity index (χ0n) is 8.59. The van der Waals surface area contributed by atoms with Gasteiger partial charge in [-0.15, -0.1) is 10.2 Å². The summed E-state index contributed by atoms with van der Waals surface area (Å²) in [6, 6.07) is 8.07. The average molecular weight is 233 g/mol. The molecule has 2 aromatic rings. The number of rotatable bonds is 1. The molecule has 1 aromatic carbocycles. The summed E-state index contributed by atoms with van der Waals surface area (Å²) in [6.07, 6.45) is 0.936. The molecular weight excluding hydrogens is 222 g/mol. The topological polar surface area (TPSA) is 61.0 Å². The first-order valence-electron chi connectivity index (χ1n) is 5.15. The summed E-state index contributed by atoms with van der Waals surface area (Å²) in [5.74, 6) is 1.23. The van der Waals surface area contributed by atoms with Crippen LogP contribution in [0.15, 0.2) is 24.3 Å². The van der Waals surface area contributed by atoms with Crippen LogP contribution in [0, 0.1) is 0 Å². The summed E-state index contributed by atoms with van der Waals surface area (Å²) in [5, 5.41) is 9.50. The molecule has 1 aromatic heterocycles. The van der Waals surface area contributed by atoms with Gasteiger partial charge in [0.15, 0.2) is 0 Å². The molecule has 1 unspecified atom stereocenters. The van der Waals surface area contributed by atoms with Crippen molar-refractivity contribution in [3.05, 3.63) is 34.8 Å².